The lowest BCUT2D eigenvalue weighted by atomic mass is 10.0. The molecule has 8 heteroatoms. The van der Waals surface area contributed by atoms with Crippen LogP contribution in [-0.2, 0) is 6.54 Å². The highest BCUT2D eigenvalue weighted by molar-refractivity contribution is 6.43. The lowest BCUT2D eigenvalue weighted by Gasteiger charge is -2.15. The van der Waals surface area contributed by atoms with E-state index < -0.39 is 0 Å². The Bertz CT molecular complexity index is 1090. The lowest BCUT2D eigenvalue weighted by molar-refractivity contribution is 0.331. The number of pyridine rings is 1. The van der Waals surface area contributed by atoms with Crippen molar-refractivity contribution in [2.75, 3.05) is 18.8 Å². The van der Waals surface area contributed by atoms with Crippen molar-refractivity contribution < 1.29 is 0 Å². The average molecular weight is 455 g/mol. The minimum absolute atomic E-state index is 0.309. The maximum absolute atomic E-state index is 6.27. The van der Waals surface area contributed by atoms with Gasteiger partial charge in [-0.15, -0.1) is 0 Å². The molecular weight excluding hydrogens is 431 g/mol. The molecule has 0 aliphatic carbocycles. The number of hydrogen-bond donors (Lipinski definition) is 3. The number of benzene rings is 2. The Kier molecular flexibility index (Phi) is 6.73. The van der Waals surface area contributed by atoms with Gasteiger partial charge in [0.15, 0.2) is 5.84 Å². The van der Waals surface area contributed by atoms with E-state index in [4.69, 9.17) is 34.8 Å². The highest BCUT2D eigenvalue weighted by atomic mass is 35.5. The highest BCUT2D eigenvalue weighted by Gasteiger charge is 2.14. The molecule has 3 aromatic rings. The topological polar surface area (TPSA) is 92.6 Å². The van der Waals surface area contributed by atoms with Gasteiger partial charge in [-0.3, -0.25) is 4.90 Å². The number of rotatable bonds is 5. The van der Waals surface area contributed by atoms with Gasteiger partial charge in [0.25, 0.3) is 0 Å². The van der Waals surface area contributed by atoms with E-state index in [1.165, 1.54) is 31.5 Å². The second kappa shape index (κ2) is 9.66. The number of hydrazine groups is 1. The molecule has 0 unspecified atom stereocenters. The Morgan fingerprint density at radius 2 is 1.81 bits per heavy atom. The standard InChI is InChI=1S/C23H24Cl2N6/c24-19-4-3-5-20(21(19)25)29-23(30-27)18-12-17(13-28-22(18)26)16-8-6-15(7-9-16)14-31-10-1-2-11-31/h3-9,12-13H,1-2,10-11,14,27H2,(H2,26,28)(H,29,30). The van der Waals surface area contributed by atoms with Crippen LogP contribution in [0.15, 0.2) is 59.7 Å². The van der Waals surface area contributed by atoms with Crippen molar-refractivity contribution in [2.45, 2.75) is 19.4 Å². The maximum Gasteiger partial charge on any atom is 0.151 e. The number of hydrogen-bond acceptors (Lipinski definition) is 5. The Balaban J connectivity index is 1.63. The fraction of sp³-hybridized carbons (Fsp3) is 0.217. The minimum atomic E-state index is 0.309. The molecule has 2 heterocycles. The molecule has 0 radical (unpaired) electrons. The van der Waals surface area contributed by atoms with Gasteiger partial charge >= 0.3 is 0 Å². The fourth-order valence-electron chi connectivity index (χ4n) is 3.69. The van der Waals surface area contributed by atoms with Gasteiger partial charge in [-0.05, 0) is 55.3 Å². The molecule has 0 atom stereocenters. The van der Waals surface area contributed by atoms with E-state index in [-0.39, 0.29) is 0 Å². The summed E-state index contributed by atoms with van der Waals surface area (Å²) in [5.41, 5.74) is 13.1. The summed E-state index contributed by atoms with van der Waals surface area (Å²) in [6, 6.07) is 15.6. The van der Waals surface area contributed by atoms with E-state index in [2.05, 4.69) is 44.6 Å². The number of nitrogens with one attached hydrogen (secondary N) is 1. The van der Waals surface area contributed by atoms with Crippen molar-refractivity contribution >= 4 is 40.5 Å². The van der Waals surface area contributed by atoms with Crippen molar-refractivity contribution in [1.82, 2.24) is 15.3 Å². The molecular formula is C23H24Cl2N6. The Hall–Kier alpha value is -2.64. The van der Waals surface area contributed by atoms with Crippen LogP contribution in [0.4, 0.5) is 11.5 Å². The van der Waals surface area contributed by atoms with E-state index >= 15 is 0 Å². The van der Waals surface area contributed by atoms with Gasteiger partial charge in [-0.25, -0.2) is 15.8 Å². The molecule has 4 rings (SSSR count). The zero-order chi connectivity index (χ0) is 21.8. The van der Waals surface area contributed by atoms with Crippen molar-refractivity contribution in [3.63, 3.8) is 0 Å². The van der Waals surface area contributed by atoms with Gasteiger partial charge in [-0.2, -0.15) is 0 Å². The summed E-state index contributed by atoms with van der Waals surface area (Å²) < 4.78 is 0. The van der Waals surface area contributed by atoms with E-state index in [1.54, 1.807) is 24.4 Å². The minimum Gasteiger partial charge on any atom is -0.383 e. The number of anilines is 1. The second-order valence-corrected chi connectivity index (χ2v) is 8.30. The number of aliphatic imine (C=N–C) groups is 1. The van der Waals surface area contributed by atoms with E-state index in [9.17, 15) is 0 Å². The molecule has 160 valence electrons. The summed E-state index contributed by atoms with van der Waals surface area (Å²) in [4.78, 5) is 11.3. The highest BCUT2D eigenvalue weighted by Crippen LogP contribution is 2.32. The van der Waals surface area contributed by atoms with Crippen molar-refractivity contribution in [3.8, 4) is 11.1 Å². The first-order chi connectivity index (χ1) is 15.0. The fourth-order valence-corrected chi connectivity index (χ4v) is 4.03. The molecule has 31 heavy (non-hydrogen) atoms. The van der Waals surface area contributed by atoms with Crippen LogP contribution in [0.1, 0.15) is 24.0 Å². The normalized spacial score (nSPS) is 14.7. The van der Waals surface area contributed by atoms with Crippen LogP contribution in [0.25, 0.3) is 11.1 Å². The van der Waals surface area contributed by atoms with E-state index in [0.717, 1.165) is 17.7 Å². The van der Waals surface area contributed by atoms with Gasteiger partial charge < -0.3 is 11.2 Å². The SMILES string of the molecule is NNC(=Nc1cccc(Cl)c1Cl)c1cc(-c2ccc(CN3CCCC3)cc2)cnc1N. The molecule has 0 saturated carbocycles. The quantitative estimate of drug-likeness (QED) is 0.223. The Morgan fingerprint density at radius 3 is 2.52 bits per heavy atom. The number of nitrogen functional groups attached to an aromatic ring is 1. The summed E-state index contributed by atoms with van der Waals surface area (Å²) in [7, 11) is 0. The first-order valence-electron chi connectivity index (χ1n) is 10.1. The summed E-state index contributed by atoms with van der Waals surface area (Å²) in [5, 5.41) is 0.751. The molecule has 1 saturated heterocycles. The number of nitrogens with two attached hydrogens (primary N) is 2. The van der Waals surface area contributed by atoms with Crippen LogP contribution >= 0.6 is 23.2 Å². The average Bonchev–Trinajstić information content (AvgIpc) is 3.29. The summed E-state index contributed by atoms with van der Waals surface area (Å²) in [5.74, 6) is 6.41. The third-order valence-electron chi connectivity index (χ3n) is 5.37. The molecule has 1 aliphatic heterocycles. The zero-order valence-electron chi connectivity index (χ0n) is 17.0. The van der Waals surface area contributed by atoms with Gasteiger partial charge in [0.1, 0.15) is 5.82 Å². The maximum atomic E-state index is 6.27. The van der Waals surface area contributed by atoms with Gasteiger partial charge in [0.05, 0.1) is 21.3 Å². The van der Waals surface area contributed by atoms with Gasteiger partial charge in [-0.1, -0.05) is 53.5 Å². The predicted molar refractivity (Wildman–Crippen MR) is 129 cm³/mol. The van der Waals surface area contributed by atoms with Crippen molar-refractivity contribution in [2.24, 2.45) is 10.8 Å². The smallest absolute Gasteiger partial charge is 0.151 e. The molecule has 0 amide bonds. The van der Waals surface area contributed by atoms with Crippen LogP contribution in [0.5, 0.6) is 0 Å². The molecule has 2 aromatic carbocycles. The third kappa shape index (κ3) is 4.99. The number of halogens is 2. The number of amidine groups is 1. The molecule has 1 aliphatic rings. The Labute approximate surface area is 191 Å². The molecule has 1 aromatic heterocycles. The van der Waals surface area contributed by atoms with Crippen molar-refractivity contribution in [1.29, 1.82) is 0 Å². The number of likely N-dealkylation sites (tertiary alicyclic amines) is 1. The molecule has 1 fully saturated rings. The van der Waals surface area contributed by atoms with E-state index in [0.29, 0.717) is 32.9 Å². The molecule has 0 bridgehead atoms. The van der Waals surface area contributed by atoms with Crippen LogP contribution in [0, 0.1) is 0 Å². The monoisotopic (exact) mass is 454 g/mol. The summed E-state index contributed by atoms with van der Waals surface area (Å²) in [6.45, 7) is 3.34. The summed E-state index contributed by atoms with van der Waals surface area (Å²) >= 11 is 12.4. The zero-order valence-corrected chi connectivity index (χ0v) is 18.5. The van der Waals surface area contributed by atoms with Crippen LogP contribution < -0.4 is 17.0 Å². The first kappa shape index (κ1) is 21.6. The van der Waals surface area contributed by atoms with Gasteiger partial charge in [0, 0.05) is 18.3 Å². The summed E-state index contributed by atoms with van der Waals surface area (Å²) in [6.07, 6.45) is 4.32. The predicted octanol–water partition coefficient (Wildman–Crippen LogP) is 4.78. The van der Waals surface area contributed by atoms with Crippen LogP contribution in [0.3, 0.4) is 0 Å². The second-order valence-electron chi connectivity index (χ2n) is 7.51. The number of nitrogens with zero attached hydrogens (tertiary/aromatic N) is 3. The third-order valence-corrected chi connectivity index (χ3v) is 6.17. The first-order valence-corrected chi connectivity index (χ1v) is 10.9. The Morgan fingerprint density at radius 1 is 1.06 bits per heavy atom. The molecule has 5 N–H and O–H groups in total. The lowest BCUT2D eigenvalue weighted by Crippen LogP contribution is -2.31. The van der Waals surface area contributed by atoms with Crippen LogP contribution in [0.2, 0.25) is 10.0 Å². The van der Waals surface area contributed by atoms with Gasteiger partial charge in [0.2, 0.25) is 0 Å². The molecule has 6 nitrogen and oxygen atoms in total. The van der Waals surface area contributed by atoms with E-state index in [1.807, 2.05) is 6.07 Å². The largest absolute Gasteiger partial charge is 0.383 e. The number of aromatic nitrogens is 1. The van der Waals surface area contributed by atoms with Crippen molar-refractivity contribution in [3.05, 3.63) is 75.9 Å². The molecule has 0 spiro atoms. The van der Waals surface area contributed by atoms with Crippen LogP contribution in [-0.4, -0.2) is 28.8 Å².